The zero-order valence-electron chi connectivity index (χ0n) is 10.4. The molecule has 1 amide bonds. The highest BCUT2D eigenvalue weighted by molar-refractivity contribution is 5.85. The van der Waals surface area contributed by atoms with Gasteiger partial charge in [-0.1, -0.05) is 0 Å². The van der Waals surface area contributed by atoms with Crippen molar-refractivity contribution in [1.29, 1.82) is 0 Å². The standard InChI is InChI=1S/C10H17NO6/c1-5-15-9(14)16-7(12)6-11-8(13)17-10(2,3)4/h5-6H2,1-4H3,(H,11,13). The fourth-order valence-electron chi connectivity index (χ4n) is 0.735. The summed E-state index contributed by atoms with van der Waals surface area (Å²) >= 11 is 0. The molecule has 0 fully saturated rings. The van der Waals surface area contributed by atoms with E-state index < -0.39 is 30.4 Å². The van der Waals surface area contributed by atoms with Gasteiger partial charge in [-0.25, -0.2) is 14.4 Å². The first-order valence-corrected chi connectivity index (χ1v) is 5.09. The molecule has 7 nitrogen and oxygen atoms in total. The molecule has 17 heavy (non-hydrogen) atoms. The first kappa shape index (κ1) is 15.2. The molecule has 7 heteroatoms. The molecule has 0 rings (SSSR count). The minimum Gasteiger partial charge on any atom is -0.444 e. The lowest BCUT2D eigenvalue weighted by Crippen LogP contribution is -2.36. The van der Waals surface area contributed by atoms with Crippen LogP contribution < -0.4 is 5.32 Å². The molecule has 0 spiro atoms. The number of alkyl carbamates (subject to hydrolysis) is 1. The number of ether oxygens (including phenoxy) is 3. The fourth-order valence-corrected chi connectivity index (χ4v) is 0.735. The van der Waals surface area contributed by atoms with Gasteiger partial charge in [-0.2, -0.15) is 0 Å². The molecule has 0 aromatic carbocycles. The van der Waals surface area contributed by atoms with Crippen molar-refractivity contribution in [2.24, 2.45) is 0 Å². The second-order valence-electron chi connectivity index (χ2n) is 4.01. The lowest BCUT2D eigenvalue weighted by molar-refractivity contribution is -0.138. The molecular weight excluding hydrogens is 230 g/mol. The number of amides is 1. The minimum absolute atomic E-state index is 0.103. The first-order chi connectivity index (χ1) is 7.74. The third-order valence-corrected chi connectivity index (χ3v) is 1.24. The number of carbonyl (C=O) groups excluding carboxylic acids is 3. The maximum atomic E-state index is 11.1. The van der Waals surface area contributed by atoms with E-state index in [2.05, 4.69) is 14.8 Å². The van der Waals surface area contributed by atoms with Crippen molar-refractivity contribution < 1.29 is 28.6 Å². The van der Waals surface area contributed by atoms with Crippen LogP contribution in [0.3, 0.4) is 0 Å². The van der Waals surface area contributed by atoms with Gasteiger partial charge in [0.2, 0.25) is 0 Å². The monoisotopic (exact) mass is 247 g/mol. The molecule has 98 valence electrons. The van der Waals surface area contributed by atoms with Gasteiger partial charge in [0.05, 0.1) is 6.61 Å². The van der Waals surface area contributed by atoms with Crippen LogP contribution in [-0.2, 0) is 19.0 Å². The van der Waals surface area contributed by atoms with E-state index in [0.29, 0.717) is 0 Å². The Kier molecular flexibility index (Phi) is 6.01. The Morgan fingerprint density at radius 2 is 1.76 bits per heavy atom. The summed E-state index contributed by atoms with van der Waals surface area (Å²) in [7, 11) is 0. The van der Waals surface area contributed by atoms with Crippen LogP contribution in [0.5, 0.6) is 0 Å². The predicted octanol–water partition coefficient (Wildman–Crippen LogP) is 1.21. The van der Waals surface area contributed by atoms with Gasteiger partial charge in [-0.05, 0) is 27.7 Å². The Labute approximate surface area is 99.4 Å². The lowest BCUT2D eigenvalue weighted by atomic mass is 10.2. The highest BCUT2D eigenvalue weighted by Crippen LogP contribution is 2.06. The maximum Gasteiger partial charge on any atom is 0.516 e. The number of hydrogen-bond acceptors (Lipinski definition) is 6. The van der Waals surface area contributed by atoms with Gasteiger partial charge < -0.3 is 19.5 Å². The molecule has 0 aromatic heterocycles. The van der Waals surface area contributed by atoms with E-state index in [-0.39, 0.29) is 6.61 Å². The Hall–Kier alpha value is -1.79. The zero-order chi connectivity index (χ0) is 13.5. The summed E-state index contributed by atoms with van der Waals surface area (Å²) in [6.07, 6.45) is -1.86. The summed E-state index contributed by atoms with van der Waals surface area (Å²) in [5.41, 5.74) is -0.658. The topological polar surface area (TPSA) is 90.9 Å². The predicted molar refractivity (Wildman–Crippen MR) is 57.4 cm³/mol. The molecule has 0 aromatic rings. The van der Waals surface area contributed by atoms with E-state index in [1.54, 1.807) is 27.7 Å². The maximum absolute atomic E-state index is 11.1. The molecule has 0 saturated heterocycles. The van der Waals surface area contributed by atoms with Gasteiger partial charge in [0.1, 0.15) is 12.1 Å². The summed E-state index contributed by atoms with van der Waals surface area (Å²) in [5, 5.41) is 2.14. The van der Waals surface area contributed by atoms with Crippen LogP contribution in [0.4, 0.5) is 9.59 Å². The van der Waals surface area contributed by atoms with E-state index in [1.165, 1.54) is 0 Å². The van der Waals surface area contributed by atoms with Crippen LogP contribution in [-0.4, -0.2) is 37.0 Å². The molecule has 0 saturated carbocycles. The highest BCUT2D eigenvalue weighted by atomic mass is 16.7. The van der Waals surface area contributed by atoms with E-state index in [9.17, 15) is 14.4 Å². The number of hydrogen-bond donors (Lipinski definition) is 1. The molecular formula is C10H17NO6. The quantitative estimate of drug-likeness (QED) is 0.595. The van der Waals surface area contributed by atoms with Gasteiger partial charge in [-0.3, -0.25) is 0 Å². The van der Waals surface area contributed by atoms with Gasteiger partial charge in [-0.15, -0.1) is 0 Å². The molecule has 0 unspecified atom stereocenters. The Bertz CT molecular complexity index is 294. The zero-order valence-corrected chi connectivity index (χ0v) is 10.4. The van der Waals surface area contributed by atoms with E-state index >= 15 is 0 Å². The lowest BCUT2D eigenvalue weighted by Gasteiger charge is -2.19. The Morgan fingerprint density at radius 3 is 2.24 bits per heavy atom. The summed E-state index contributed by atoms with van der Waals surface area (Å²) in [6.45, 7) is 6.26. The summed E-state index contributed by atoms with van der Waals surface area (Å²) in [6, 6.07) is 0. The third-order valence-electron chi connectivity index (χ3n) is 1.24. The van der Waals surface area contributed by atoms with Crippen LogP contribution in [0.25, 0.3) is 0 Å². The minimum atomic E-state index is -1.09. The second kappa shape index (κ2) is 6.72. The number of carbonyl (C=O) groups is 3. The smallest absolute Gasteiger partial charge is 0.444 e. The molecule has 1 N–H and O–H groups in total. The van der Waals surface area contributed by atoms with Gasteiger partial charge >= 0.3 is 18.2 Å². The van der Waals surface area contributed by atoms with Crippen molar-refractivity contribution in [3.63, 3.8) is 0 Å². The first-order valence-electron chi connectivity index (χ1n) is 5.09. The van der Waals surface area contributed by atoms with Gasteiger partial charge in [0, 0.05) is 0 Å². The molecule has 0 aliphatic heterocycles. The highest BCUT2D eigenvalue weighted by Gasteiger charge is 2.18. The van der Waals surface area contributed by atoms with Crippen molar-refractivity contribution in [2.45, 2.75) is 33.3 Å². The average Bonchev–Trinajstić information content (AvgIpc) is 2.12. The number of nitrogens with one attached hydrogen (secondary N) is 1. The van der Waals surface area contributed by atoms with Crippen molar-refractivity contribution in [1.82, 2.24) is 5.32 Å². The molecule has 0 bridgehead atoms. The van der Waals surface area contributed by atoms with Crippen molar-refractivity contribution in [3.05, 3.63) is 0 Å². The number of rotatable bonds is 3. The van der Waals surface area contributed by atoms with Crippen LogP contribution in [0.15, 0.2) is 0 Å². The van der Waals surface area contributed by atoms with E-state index in [1.807, 2.05) is 0 Å². The van der Waals surface area contributed by atoms with Crippen molar-refractivity contribution >= 4 is 18.2 Å². The van der Waals surface area contributed by atoms with E-state index in [4.69, 9.17) is 4.74 Å². The van der Waals surface area contributed by atoms with Crippen LogP contribution in [0.2, 0.25) is 0 Å². The van der Waals surface area contributed by atoms with Crippen LogP contribution in [0.1, 0.15) is 27.7 Å². The summed E-state index contributed by atoms with van der Waals surface area (Å²) in [5.74, 6) is -0.922. The van der Waals surface area contributed by atoms with E-state index in [0.717, 1.165) is 0 Å². The van der Waals surface area contributed by atoms with Crippen LogP contribution in [0, 0.1) is 0 Å². The molecule has 0 aliphatic carbocycles. The Morgan fingerprint density at radius 1 is 1.18 bits per heavy atom. The normalized spacial score (nSPS) is 10.4. The van der Waals surface area contributed by atoms with Crippen molar-refractivity contribution in [2.75, 3.05) is 13.2 Å². The SMILES string of the molecule is CCOC(=O)OC(=O)CNC(=O)OC(C)(C)C. The van der Waals surface area contributed by atoms with Gasteiger partial charge in [0.15, 0.2) is 0 Å². The van der Waals surface area contributed by atoms with Gasteiger partial charge in [0.25, 0.3) is 0 Å². The average molecular weight is 247 g/mol. The third kappa shape index (κ3) is 9.16. The largest absolute Gasteiger partial charge is 0.516 e. The number of esters is 1. The summed E-state index contributed by atoms with van der Waals surface area (Å²) in [4.78, 5) is 32.8. The molecule has 0 atom stereocenters. The van der Waals surface area contributed by atoms with Crippen LogP contribution >= 0.6 is 0 Å². The Balaban J connectivity index is 3.85. The molecule has 0 heterocycles. The van der Waals surface area contributed by atoms with Crippen molar-refractivity contribution in [3.8, 4) is 0 Å². The molecule has 0 aliphatic rings. The molecule has 0 radical (unpaired) electrons. The summed E-state index contributed by atoms with van der Waals surface area (Å²) < 4.78 is 13.4. The second-order valence-corrected chi connectivity index (χ2v) is 4.01. The fraction of sp³-hybridized carbons (Fsp3) is 0.700.